The highest BCUT2D eigenvalue weighted by atomic mass is 19.4. The Labute approximate surface area is 158 Å². The lowest BCUT2D eigenvalue weighted by molar-refractivity contribution is -0.137. The highest BCUT2D eigenvalue weighted by Gasteiger charge is 2.32. The van der Waals surface area contributed by atoms with E-state index in [0.717, 1.165) is 51.2 Å². The average Bonchev–Trinajstić information content (AvgIpc) is 2.67. The van der Waals surface area contributed by atoms with E-state index in [1.165, 1.54) is 12.1 Å². The molecule has 2 aliphatic rings. The first kappa shape index (κ1) is 20.1. The monoisotopic (exact) mass is 383 g/mol. The van der Waals surface area contributed by atoms with Crippen LogP contribution in [-0.4, -0.2) is 73.0 Å². The van der Waals surface area contributed by atoms with Gasteiger partial charge in [0.05, 0.1) is 5.56 Å². The zero-order valence-electron chi connectivity index (χ0n) is 16.0. The summed E-state index contributed by atoms with van der Waals surface area (Å²) in [4.78, 5) is 19.3. The van der Waals surface area contributed by atoms with Crippen molar-refractivity contribution in [2.45, 2.75) is 32.0 Å². The number of piperazine rings is 1. The molecule has 1 aromatic rings. The normalized spacial score (nSPS) is 22.0. The number of carbonyl (C=O) groups is 1. The van der Waals surface area contributed by atoms with E-state index >= 15 is 0 Å². The summed E-state index contributed by atoms with van der Waals surface area (Å²) in [5, 5.41) is 0. The number of halogens is 3. The molecule has 0 spiro atoms. The predicted molar refractivity (Wildman–Crippen MR) is 98.6 cm³/mol. The summed E-state index contributed by atoms with van der Waals surface area (Å²) in [6.45, 7) is 7.98. The Kier molecular flexibility index (Phi) is 6.11. The molecular formula is C20H28F3N3O. The second-order valence-electron chi connectivity index (χ2n) is 7.78. The summed E-state index contributed by atoms with van der Waals surface area (Å²) >= 11 is 0. The minimum atomic E-state index is -4.38. The first-order chi connectivity index (χ1) is 12.8. The quantitative estimate of drug-likeness (QED) is 0.802. The zero-order valence-corrected chi connectivity index (χ0v) is 16.0. The van der Waals surface area contributed by atoms with Gasteiger partial charge in [-0.25, -0.2) is 0 Å². The standard InChI is InChI=1S/C20H28F3N3O/c1-15(25-13-11-24(2)12-14-25)16-7-9-26(10-8-16)19(27)17-3-5-18(6-4-17)20(21,22)23/h3-6,15-16H,7-14H2,1-2H3/t15-/m1/s1. The van der Waals surface area contributed by atoms with Crippen LogP contribution in [0.25, 0.3) is 0 Å². The van der Waals surface area contributed by atoms with Crippen LogP contribution in [0.2, 0.25) is 0 Å². The SMILES string of the molecule is C[C@H](C1CCN(C(=O)c2ccc(C(F)(F)F)cc2)CC1)N1CCN(C)CC1. The van der Waals surface area contributed by atoms with Crippen molar-refractivity contribution in [2.24, 2.45) is 5.92 Å². The molecule has 4 nitrogen and oxygen atoms in total. The third kappa shape index (κ3) is 4.82. The molecule has 0 aromatic heterocycles. The van der Waals surface area contributed by atoms with Crippen molar-refractivity contribution in [1.82, 2.24) is 14.7 Å². The Hall–Kier alpha value is -1.60. The summed E-state index contributed by atoms with van der Waals surface area (Å²) in [5.41, 5.74) is -0.396. The van der Waals surface area contributed by atoms with Crippen LogP contribution in [0, 0.1) is 5.92 Å². The smallest absolute Gasteiger partial charge is 0.339 e. The van der Waals surface area contributed by atoms with Crippen LogP contribution in [0.5, 0.6) is 0 Å². The van der Waals surface area contributed by atoms with Crippen LogP contribution in [-0.2, 0) is 6.18 Å². The van der Waals surface area contributed by atoms with Crippen LogP contribution < -0.4 is 0 Å². The molecule has 0 aliphatic carbocycles. The molecule has 0 N–H and O–H groups in total. The lowest BCUT2D eigenvalue weighted by atomic mass is 9.88. The lowest BCUT2D eigenvalue weighted by Gasteiger charge is -2.42. The Balaban J connectivity index is 1.53. The van der Waals surface area contributed by atoms with Gasteiger partial charge >= 0.3 is 6.18 Å². The topological polar surface area (TPSA) is 26.8 Å². The van der Waals surface area contributed by atoms with Gasteiger partial charge in [0, 0.05) is 50.9 Å². The second kappa shape index (κ2) is 8.19. The van der Waals surface area contributed by atoms with E-state index in [-0.39, 0.29) is 5.91 Å². The van der Waals surface area contributed by atoms with Gasteiger partial charge in [0.2, 0.25) is 0 Å². The molecule has 0 radical (unpaired) electrons. The molecule has 2 saturated heterocycles. The van der Waals surface area contributed by atoms with Crippen LogP contribution in [0.4, 0.5) is 13.2 Å². The minimum Gasteiger partial charge on any atom is -0.339 e. The van der Waals surface area contributed by atoms with Gasteiger partial charge in [-0.2, -0.15) is 13.2 Å². The fraction of sp³-hybridized carbons (Fsp3) is 0.650. The van der Waals surface area contributed by atoms with E-state index in [2.05, 4.69) is 23.8 Å². The van der Waals surface area contributed by atoms with Crippen molar-refractivity contribution in [3.63, 3.8) is 0 Å². The van der Waals surface area contributed by atoms with Gasteiger partial charge in [-0.15, -0.1) is 0 Å². The molecule has 2 aliphatic heterocycles. The Morgan fingerprint density at radius 3 is 2.07 bits per heavy atom. The van der Waals surface area contributed by atoms with Crippen molar-refractivity contribution in [2.75, 3.05) is 46.3 Å². The van der Waals surface area contributed by atoms with Gasteiger partial charge in [-0.05, 0) is 57.0 Å². The molecule has 3 rings (SSSR count). The number of benzene rings is 1. The van der Waals surface area contributed by atoms with Gasteiger partial charge < -0.3 is 9.80 Å². The van der Waals surface area contributed by atoms with Gasteiger partial charge in [0.1, 0.15) is 0 Å². The van der Waals surface area contributed by atoms with Crippen molar-refractivity contribution >= 4 is 5.91 Å². The van der Waals surface area contributed by atoms with E-state index in [9.17, 15) is 18.0 Å². The molecular weight excluding hydrogens is 355 g/mol. The van der Waals surface area contributed by atoms with E-state index < -0.39 is 11.7 Å². The molecule has 27 heavy (non-hydrogen) atoms. The minimum absolute atomic E-state index is 0.172. The number of nitrogens with zero attached hydrogens (tertiary/aromatic N) is 3. The fourth-order valence-electron chi connectivity index (χ4n) is 4.10. The molecule has 1 atom stereocenters. The highest BCUT2D eigenvalue weighted by Crippen LogP contribution is 2.30. The average molecular weight is 383 g/mol. The van der Waals surface area contributed by atoms with Crippen molar-refractivity contribution in [3.05, 3.63) is 35.4 Å². The molecule has 0 unspecified atom stereocenters. The fourth-order valence-corrected chi connectivity index (χ4v) is 4.10. The maximum atomic E-state index is 12.7. The summed E-state index contributed by atoms with van der Waals surface area (Å²) < 4.78 is 38.0. The van der Waals surface area contributed by atoms with E-state index in [1.54, 1.807) is 4.90 Å². The first-order valence-corrected chi connectivity index (χ1v) is 9.65. The van der Waals surface area contributed by atoms with Crippen molar-refractivity contribution in [1.29, 1.82) is 0 Å². The van der Waals surface area contributed by atoms with Crippen molar-refractivity contribution in [3.8, 4) is 0 Å². The van der Waals surface area contributed by atoms with Gasteiger partial charge in [-0.3, -0.25) is 9.69 Å². The van der Waals surface area contributed by atoms with Gasteiger partial charge in [-0.1, -0.05) is 0 Å². The zero-order chi connectivity index (χ0) is 19.6. The Morgan fingerprint density at radius 1 is 1.00 bits per heavy atom. The number of likely N-dealkylation sites (tertiary alicyclic amines) is 1. The van der Waals surface area contributed by atoms with E-state index in [4.69, 9.17) is 0 Å². The molecule has 1 amide bonds. The Morgan fingerprint density at radius 2 is 1.56 bits per heavy atom. The summed E-state index contributed by atoms with van der Waals surface area (Å²) in [6.07, 6.45) is -2.49. The number of piperidine rings is 1. The summed E-state index contributed by atoms with van der Waals surface area (Å²) in [5.74, 6) is 0.388. The lowest BCUT2D eigenvalue weighted by Crippen LogP contribution is -2.52. The van der Waals surface area contributed by atoms with Gasteiger partial charge in [0.15, 0.2) is 0 Å². The molecule has 2 fully saturated rings. The summed E-state index contributed by atoms with van der Waals surface area (Å²) in [6, 6.07) is 5.03. The Bertz CT molecular complexity index is 631. The molecule has 0 bridgehead atoms. The van der Waals surface area contributed by atoms with Crippen molar-refractivity contribution < 1.29 is 18.0 Å². The maximum absolute atomic E-state index is 12.7. The number of rotatable bonds is 3. The third-order valence-electron chi connectivity index (χ3n) is 6.08. The number of carbonyl (C=O) groups excluding carboxylic acids is 1. The molecule has 1 aromatic carbocycles. The van der Waals surface area contributed by atoms with E-state index in [0.29, 0.717) is 30.6 Å². The molecule has 0 saturated carbocycles. The van der Waals surface area contributed by atoms with Crippen LogP contribution in [0.1, 0.15) is 35.7 Å². The third-order valence-corrected chi connectivity index (χ3v) is 6.08. The molecule has 7 heteroatoms. The van der Waals surface area contributed by atoms with Crippen LogP contribution >= 0.6 is 0 Å². The number of likely N-dealkylation sites (N-methyl/N-ethyl adjacent to an activating group) is 1. The number of alkyl halides is 3. The number of hydrogen-bond acceptors (Lipinski definition) is 3. The molecule has 2 heterocycles. The van der Waals surface area contributed by atoms with Gasteiger partial charge in [0.25, 0.3) is 5.91 Å². The van der Waals surface area contributed by atoms with Crippen LogP contribution in [0.15, 0.2) is 24.3 Å². The predicted octanol–water partition coefficient (Wildman–Crippen LogP) is 3.19. The number of amides is 1. The second-order valence-corrected chi connectivity index (χ2v) is 7.78. The first-order valence-electron chi connectivity index (χ1n) is 9.65. The molecule has 150 valence electrons. The summed E-state index contributed by atoms with van der Waals surface area (Å²) in [7, 11) is 2.15. The van der Waals surface area contributed by atoms with Crippen LogP contribution in [0.3, 0.4) is 0 Å². The highest BCUT2D eigenvalue weighted by molar-refractivity contribution is 5.94. The maximum Gasteiger partial charge on any atom is 0.416 e. The van der Waals surface area contributed by atoms with E-state index in [1.807, 2.05) is 0 Å². The number of hydrogen-bond donors (Lipinski definition) is 0. The largest absolute Gasteiger partial charge is 0.416 e.